The molecule has 0 fully saturated rings. The van der Waals surface area contributed by atoms with Crippen LogP contribution in [0.2, 0.25) is 5.02 Å². The molecule has 0 radical (unpaired) electrons. The second-order valence-electron chi connectivity index (χ2n) is 8.10. The van der Waals surface area contributed by atoms with Gasteiger partial charge in [-0.05, 0) is 73.5 Å². The van der Waals surface area contributed by atoms with Crippen LogP contribution in [0, 0.1) is 19.7 Å². The van der Waals surface area contributed by atoms with Gasteiger partial charge in [0, 0.05) is 10.2 Å². The third kappa shape index (κ3) is 6.57. The molecule has 3 aromatic carbocycles. The van der Waals surface area contributed by atoms with Gasteiger partial charge in [-0.15, -0.1) is 10.2 Å². The average Bonchev–Trinajstić information content (AvgIpc) is 3.28. The quantitative estimate of drug-likeness (QED) is 0.238. The molecule has 1 aromatic heterocycles. The first-order chi connectivity index (χ1) is 17.7. The number of carbonyl (C=O) groups is 2. The number of aryl methyl sites for hydroxylation is 1. The van der Waals surface area contributed by atoms with Crippen LogP contribution in [0.15, 0.2) is 70.3 Å². The standard InChI is InChI=1S/C26H22BrClFN5O2S/c1-15-4-3-5-22(16(15)2)34-23(13-30-25(36)20-12-17(27)6-11-21(20)28)32-33-26(34)37-14-24(35)31-19-9-7-18(29)8-10-19/h3-12H,13-14H2,1-2H3,(H,30,36)(H,31,35). The number of halogens is 3. The third-order valence-electron chi connectivity index (χ3n) is 5.56. The maximum Gasteiger partial charge on any atom is 0.253 e. The molecule has 0 aliphatic heterocycles. The van der Waals surface area contributed by atoms with Gasteiger partial charge < -0.3 is 10.6 Å². The summed E-state index contributed by atoms with van der Waals surface area (Å²) in [6.07, 6.45) is 0. The van der Waals surface area contributed by atoms with Crippen LogP contribution >= 0.6 is 39.3 Å². The van der Waals surface area contributed by atoms with Crippen molar-refractivity contribution in [2.24, 2.45) is 0 Å². The Morgan fingerprint density at radius 3 is 2.59 bits per heavy atom. The molecule has 4 aromatic rings. The van der Waals surface area contributed by atoms with Crippen LogP contribution in [0.1, 0.15) is 27.3 Å². The van der Waals surface area contributed by atoms with E-state index in [0.29, 0.717) is 27.3 Å². The first-order valence-electron chi connectivity index (χ1n) is 11.2. The number of rotatable bonds is 8. The Balaban J connectivity index is 1.56. The number of thioether (sulfide) groups is 1. The van der Waals surface area contributed by atoms with Crippen LogP contribution in [0.4, 0.5) is 10.1 Å². The molecule has 190 valence electrons. The predicted octanol–water partition coefficient (Wildman–Crippen LogP) is 6.10. The van der Waals surface area contributed by atoms with Crippen LogP contribution in [-0.4, -0.2) is 32.3 Å². The van der Waals surface area contributed by atoms with E-state index in [4.69, 9.17) is 11.6 Å². The molecule has 0 saturated carbocycles. The van der Waals surface area contributed by atoms with Gasteiger partial charge in [-0.2, -0.15) is 0 Å². The number of anilines is 1. The molecule has 0 aliphatic carbocycles. The average molecular weight is 603 g/mol. The minimum Gasteiger partial charge on any atom is -0.345 e. The van der Waals surface area contributed by atoms with Gasteiger partial charge in [0.2, 0.25) is 5.91 Å². The van der Waals surface area contributed by atoms with Crippen LogP contribution in [-0.2, 0) is 11.3 Å². The lowest BCUT2D eigenvalue weighted by molar-refractivity contribution is -0.113. The summed E-state index contributed by atoms with van der Waals surface area (Å²) in [6, 6.07) is 16.5. The fraction of sp³-hybridized carbons (Fsp3) is 0.154. The molecule has 0 bridgehead atoms. The summed E-state index contributed by atoms with van der Waals surface area (Å²) in [4.78, 5) is 25.3. The first-order valence-corrected chi connectivity index (χ1v) is 13.3. The first kappa shape index (κ1) is 26.8. The van der Waals surface area contributed by atoms with Gasteiger partial charge >= 0.3 is 0 Å². The van der Waals surface area contributed by atoms with Crippen molar-refractivity contribution in [1.82, 2.24) is 20.1 Å². The van der Waals surface area contributed by atoms with Crippen LogP contribution in [0.25, 0.3) is 5.69 Å². The minimum absolute atomic E-state index is 0.0559. The smallest absolute Gasteiger partial charge is 0.253 e. The molecule has 0 atom stereocenters. The molecule has 2 N–H and O–H groups in total. The number of carbonyl (C=O) groups excluding carboxylic acids is 2. The summed E-state index contributed by atoms with van der Waals surface area (Å²) in [5, 5.41) is 15.0. The second kappa shape index (κ2) is 11.9. The maximum atomic E-state index is 13.1. The zero-order valence-corrected chi connectivity index (χ0v) is 23.0. The summed E-state index contributed by atoms with van der Waals surface area (Å²) in [6.45, 7) is 4.08. The minimum atomic E-state index is -0.379. The highest BCUT2D eigenvalue weighted by molar-refractivity contribution is 9.10. The van der Waals surface area contributed by atoms with E-state index < -0.39 is 0 Å². The largest absolute Gasteiger partial charge is 0.345 e. The number of nitrogens with one attached hydrogen (secondary N) is 2. The summed E-state index contributed by atoms with van der Waals surface area (Å²) >= 11 is 10.8. The fourth-order valence-corrected chi connectivity index (χ4v) is 4.84. The van der Waals surface area contributed by atoms with Crippen molar-refractivity contribution >= 4 is 56.8 Å². The van der Waals surface area contributed by atoms with Crippen LogP contribution in [0.3, 0.4) is 0 Å². The van der Waals surface area contributed by atoms with Gasteiger partial charge in [-0.3, -0.25) is 14.2 Å². The second-order valence-corrected chi connectivity index (χ2v) is 10.4. The molecule has 1 heterocycles. The lowest BCUT2D eigenvalue weighted by Gasteiger charge is -2.15. The van der Waals surface area contributed by atoms with Crippen molar-refractivity contribution in [3.8, 4) is 5.69 Å². The molecule has 4 rings (SSSR count). The number of nitrogens with zero attached hydrogens (tertiary/aromatic N) is 3. The van der Waals surface area contributed by atoms with E-state index in [1.54, 1.807) is 18.2 Å². The predicted molar refractivity (Wildman–Crippen MR) is 147 cm³/mol. The Labute approximate surface area is 231 Å². The number of hydrogen-bond donors (Lipinski definition) is 2. The molecule has 0 unspecified atom stereocenters. The summed E-state index contributed by atoms with van der Waals surface area (Å²) in [5.74, 6) is -0.452. The number of benzene rings is 3. The highest BCUT2D eigenvalue weighted by Gasteiger charge is 2.19. The van der Waals surface area contributed by atoms with Crippen molar-refractivity contribution in [2.75, 3.05) is 11.1 Å². The Morgan fingerprint density at radius 2 is 1.84 bits per heavy atom. The van der Waals surface area contributed by atoms with E-state index in [2.05, 4.69) is 36.8 Å². The van der Waals surface area contributed by atoms with Gasteiger partial charge in [0.15, 0.2) is 11.0 Å². The molecular formula is C26H22BrClFN5O2S. The number of aromatic nitrogens is 3. The summed E-state index contributed by atoms with van der Waals surface area (Å²) in [7, 11) is 0. The van der Waals surface area contributed by atoms with Crippen molar-refractivity contribution in [3.63, 3.8) is 0 Å². The van der Waals surface area contributed by atoms with E-state index in [9.17, 15) is 14.0 Å². The molecular weight excluding hydrogens is 581 g/mol. The molecule has 2 amide bonds. The Hall–Kier alpha value is -3.21. The summed E-state index contributed by atoms with van der Waals surface area (Å²) in [5.41, 5.74) is 3.77. The zero-order chi connectivity index (χ0) is 26.5. The third-order valence-corrected chi connectivity index (χ3v) is 7.31. The molecule has 0 aliphatic rings. The number of amides is 2. The lowest BCUT2D eigenvalue weighted by Crippen LogP contribution is -2.25. The fourth-order valence-electron chi connectivity index (χ4n) is 3.51. The van der Waals surface area contributed by atoms with Gasteiger partial charge in [-0.25, -0.2) is 4.39 Å². The van der Waals surface area contributed by atoms with Crippen molar-refractivity contribution in [1.29, 1.82) is 0 Å². The molecule has 11 heteroatoms. The molecule has 0 spiro atoms. The molecule has 7 nitrogen and oxygen atoms in total. The van der Waals surface area contributed by atoms with E-state index in [1.807, 2.05) is 36.6 Å². The van der Waals surface area contributed by atoms with Crippen LogP contribution < -0.4 is 10.6 Å². The topological polar surface area (TPSA) is 88.9 Å². The maximum absolute atomic E-state index is 13.1. The zero-order valence-electron chi connectivity index (χ0n) is 19.9. The lowest BCUT2D eigenvalue weighted by atomic mass is 10.1. The van der Waals surface area contributed by atoms with E-state index in [-0.39, 0.29) is 29.9 Å². The SMILES string of the molecule is Cc1cccc(-n2c(CNC(=O)c3cc(Br)ccc3Cl)nnc2SCC(=O)Nc2ccc(F)cc2)c1C. The van der Waals surface area contributed by atoms with Crippen molar-refractivity contribution in [2.45, 2.75) is 25.5 Å². The van der Waals surface area contributed by atoms with E-state index in [0.717, 1.165) is 21.3 Å². The van der Waals surface area contributed by atoms with Gasteiger partial charge in [0.05, 0.1) is 28.6 Å². The van der Waals surface area contributed by atoms with E-state index >= 15 is 0 Å². The van der Waals surface area contributed by atoms with Gasteiger partial charge in [0.1, 0.15) is 5.82 Å². The van der Waals surface area contributed by atoms with Gasteiger partial charge in [0.25, 0.3) is 5.91 Å². The van der Waals surface area contributed by atoms with Gasteiger partial charge in [-0.1, -0.05) is 51.4 Å². The number of hydrogen-bond acceptors (Lipinski definition) is 5. The highest BCUT2D eigenvalue weighted by atomic mass is 79.9. The van der Waals surface area contributed by atoms with Crippen molar-refractivity contribution in [3.05, 3.63) is 98.5 Å². The highest BCUT2D eigenvalue weighted by Crippen LogP contribution is 2.26. The summed E-state index contributed by atoms with van der Waals surface area (Å²) < 4.78 is 15.7. The molecule has 37 heavy (non-hydrogen) atoms. The van der Waals surface area contributed by atoms with Crippen molar-refractivity contribution < 1.29 is 14.0 Å². The Kier molecular flexibility index (Phi) is 8.63. The Morgan fingerprint density at radius 1 is 1.08 bits per heavy atom. The monoisotopic (exact) mass is 601 g/mol. The van der Waals surface area contributed by atoms with E-state index in [1.165, 1.54) is 36.0 Å². The normalized spacial score (nSPS) is 10.8. The van der Waals surface area contributed by atoms with Crippen LogP contribution in [0.5, 0.6) is 0 Å². The molecule has 0 saturated heterocycles. The Bertz CT molecular complexity index is 1460.